The lowest BCUT2D eigenvalue weighted by atomic mass is 10.1. The van der Waals surface area contributed by atoms with E-state index in [1.807, 2.05) is 18.4 Å². The Hall–Kier alpha value is -1.55. The summed E-state index contributed by atoms with van der Waals surface area (Å²) in [6.07, 6.45) is 0. The van der Waals surface area contributed by atoms with Gasteiger partial charge in [-0.25, -0.2) is 9.37 Å². The summed E-state index contributed by atoms with van der Waals surface area (Å²) in [5.41, 5.74) is 6.74. The SMILES string of the molecule is CCn1c(C)nc(-c2cccc(Cl)c2F)c1N. The number of nitrogens with zero attached hydrogens (tertiary/aromatic N) is 2. The maximum atomic E-state index is 13.9. The first kappa shape index (κ1) is 11.9. The van der Waals surface area contributed by atoms with Crippen molar-refractivity contribution in [2.24, 2.45) is 0 Å². The van der Waals surface area contributed by atoms with Gasteiger partial charge in [0.2, 0.25) is 0 Å². The Labute approximate surface area is 104 Å². The quantitative estimate of drug-likeness (QED) is 0.893. The zero-order valence-corrected chi connectivity index (χ0v) is 10.4. The molecule has 0 saturated heterocycles. The molecule has 0 fully saturated rings. The Kier molecular flexibility index (Phi) is 3.07. The van der Waals surface area contributed by atoms with Crippen LogP contribution in [0.25, 0.3) is 11.3 Å². The first-order valence-corrected chi connectivity index (χ1v) is 5.71. The molecule has 0 saturated carbocycles. The lowest BCUT2D eigenvalue weighted by Crippen LogP contribution is -2.02. The van der Waals surface area contributed by atoms with Crippen molar-refractivity contribution < 1.29 is 4.39 Å². The van der Waals surface area contributed by atoms with E-state index in [-0.39, 0.29) is 5.02 Å². The highest BCUT2D eigenvalue weighted by Gasteiger charge is 2.17. The topological polar surface area (TPSA) is 43.8 Å². The van der Waals surface area contributed by atoms with Gasteiger partial charge >= 0.3 is 0 Å². The molecule has 0 aliphatic rings. The summed E-state index contributed by atoms with van der Waals surface area (Å²) in [6, 6.07) is 4.81. The van der Waals surface area contributed by atoms with E-state index in [1.54, 1.807) is 12.1 Å². The first-order chi connectivity index (χ1) is 8.06. The zero-order chi connectivity index (χ0) is 12.6. The molecule has 0 radical (unpaired) electrons. The number of rotatable bonds is 2. The number of aromatic nitrogens is 2. The summed E-state index contributed by atoms with van der Waals surface area (Å²) in [5.74, 6) is 0.743. The normalized spacial score (nSPS) is 10.8. The van der Waals surface area contributed by atoms with Crippen molar-refractivity contribution >= 4 is 17.4 Å². The van der Waals surface area contributed by atoms with Crippen LogP contribution in [-0.2, 0) is 6.54 Å². The molecule has 2 N–H and O–H groups in total. The number of nitrogens with two attached hydrogens (primary N) is 1. The van der Waals surface area contributed by atoms with Gasteiger partial charge in [0, 0.05) is 12.1 Å². The van der Waals surface area contributed by atoms with Crippen molar-refractivity contribution in [1.82, 2.24) is 9.55 Å². The lowest BCUT2D eigenvalue weighted by Gasteiger charge is -2.05. The van der Waals surface area contributed by atoms with Crippen LogP contribution in [0.1, 0.15) is 12.7 Å². The van der Waals surface area contributed by atoms with E-state index in [9.17, 15) is 4.39 Å². The molecule has 3 nitrogen and oxygen atoms in total. The van der Waals surface area contributed by atoms with E-state index >= 15 is 0 Å². The van der Waals surface area contributed by atoms with Crippen molar-refractivity contribution in [2.75, 3.05) is 5.73 Å². The van der Waals surface area contributed by atoms with E-state index in [1.165, 1.54) is 6.07 Å². The molecule has 0 aliphatic carbocycles. The molecule has 0 bridgehead atoms. The van der Waals surface area contributed by atoms with Gasteiger partial charge in [-0.2, -0.15) is 0 Å². The molecule has 2 aromatic rings. The minimum absolute atomic E-state index is 0.0746. The minimum Gasteiger partial charge on any atom is -0.383 e. The van der Waals surface area contributed by atoms with Crippen LogP contribution < -0.4 is 5.73 Å². The number of halogens is 2. The van der Waals surface area contributed by atoms with Crippen molar-refractivity contribution in [3.8, 4) is 11.3 Å². The second-order valence-electron chi connectivity index (χ2n) is 3.74. The van der Waals surface area contributed by atoms with Crippen LogP contribution in [-0.4, -0.2) is 9.55 Å². The molecule has 0 aliphatic heterocycles. The highest BCUT2D eigenvalue weighted by atomic mass is 35.5. The van der Waals surface area contributed by atoms with Gasteiger partial charge in [0.05, 0.1) is 5.02 Å². The van der Waals surface area contributed by atoms with E-state index in [2.05, 4.69) is 4.98 Å². The average Bonchev–Trinajstić information content (AvgIpc) is 2.58. The lowest BCUT2D eigenvalue weighted by molar-refractivity contribution is 0.631. The van der Waals surface area contributed by atoms with E-state index in [0.717, 1.165) is 5.82 Å². The summed E-state index contributed by atoms with van der Waals surface area (Å²) >= 11 is 5.75. The Bertz CT molecular complexity index is 563. The van der Waals surface area contributed by atoms with Crippen molar-refractivity contribution in [1.29, 1.82) is 0 Å². The number of hydrogen-bond acceptors (Lipinski definition) is 2. The van der Waals surface area contributed by atoms with Gasteiger partial charge in [0.1, 0.15) is 17.3 Å². The van der Waals surface area contributed by atoms with Gasteiger partial charge in [-0.05, 0) is 26.0 Å². The largest absolute Gasteiger partial charge is 0.383 e. The van der Waals surface area contributed by atoms with Crippen LogP contribution >= 0.6 is 11.6 Å². The van der Waals surface area contributed by atoms with Gasteiger partial charge < -0.3 is 10.3 Å². The molecule has 0 atom stereocenters. The summed E-state index contributed by atoms with van der Waals surface area (Å²) in [4.78, 5) is 4.29. The Balaban J connectivity index is 2.65. The van der Waals surface area contributed by atoms with Crippen LogP contribution in [0.2, 0.25) is 5.02 Å². The molecule has 2 rings (SSSR count). The highest BCUT2D eigenvalue weighted by Crippen LogP contribution is 2.31. The Morgan fingerprint density at radius 2 is 2.18 bits per heavy atom. The van der Waals surface area contributed by atoms with Gasteiger partial charge in [-0.3, -0.25) is 0 Å². The van der Waals surface area contributed by atoms with Crippen molar-refractivity contribution in [3.05, 3.63) is 34.9 Å². The monoisotopic (exact) mass is 253 g/mol. The molecule has 1 aromatic heterocycles. The van der Waals surface area contributed by atoms with Gasteiger partial charge in [0.25, 0.3) is 0 Å². The fourth-order valence-electron chi connectivity index (χ4n) is 1.87. The number of benzene rings is 1. The minimum atomic E-state index is -0.485. The summed E-state index contributed by atoms with van der Waals surface area (Å²) in [5, 5.41) is 0.0746. The third kappa shape index (κ3) is 1.89. The molecule has 0 spiro atoms. The highest BCUT2D eigenvalue weighted by molar-refractivity contribution is 6.31. The third-order valence-corrected chi connectivity index (χ3v) is 3.01. The fraction of sp³-hybridized carbons (Fsp3) is 0.250. The number of aryl methyl sites for hydroxylation is 1. The van der Waals surface area contributed by atoms with E-state index < -0.39 is 5.82 Å². The summed E-state index contributed by atoms with van der Waals surface area (Å²) in [6.45, 7) is 4.50. The average molecular weight is 254 g/mol. The maximum Gasteiger partial charge on any atom is 0.151 e. The fourth-order valence-corrected chi connectivity index (χ4v) is 2.04. The predicted molar refractivity (Wildman–Crippen MR) is 67.5 cm³/mol. The molecule has 5 heteroatoms. The number of imidazole rings is 1. The van der Waals surface area contributed by atoms with E-state index in [0.29, 0.717) is 23.6 Å². The van der Waals surface area contributed by atoms with Crippen LogP contribution in [0.3, 0.4) is 0 Å². The van der Waals surface area contributed by atoms with E-state index in [4.69, 9.17) is 17.3 Å². The molecule has 0 amide bonds. The molecule has 90 valence electrons. The van der Waals surface area contributed by atoms with Crippen molar-refractivity contribution in [3.63, 3.8) is 0 Å². The van der Waals surface area contributed by atoms with Crippen LogP contribution in [0.5, 0.6) is 0 Å². The number of anilines is 1. The Morgan fingerprint density at radius 3 is 2.76 bits per heavy atom. The number of nitrogen functional groups attached to an aromatic ring is 1. The molecule has 0 unspecified atom stereocenters. The molecule has 17 heavy (non-hydrogen) atoms. The standard InChI is InChI=1S/C12H13ClFN3/c1-3-17-7(2)16-11(12(17)15)8-5-4-6-9(13)10(8)14/h4-6H,3,15H2,1-2H3. The van der Waals surface area contributed by atoms with Gasteiger partial charge in [-0.1, -0.05) is 17.7 Å². The molecule has 1 heterocycles. The first-order valence-electron chi connectivity index (χ1n) is 5.33. The Morgan fingerprint density at radius 1 is 1.47 bits per heavy atom. The predicted octanol–water partition coefficient (Wildman–Crippen LogP) is 3.25. The van der Waals surface area contributed by atoms with Crippen LogP contribution in [0.4, 0.5) is 10.2 Å². The summed E-state index contributed by atoms with van der Waals surface area (Å²) in [7, 11) is 0. The summed E-state index contributed by atoms with van der Waals surface area (Å²) < 4.78 is 15.7. The van der Waals surface area contributed by atoms with Crippen LogP contribution in [0, 0.1) is 12.7 Å². The molecular formula is C12H13ClFN3. The third-order valence-electron chi connectivity index (χ3n) is 2.72. The smallest absolute Gasteiger partial charge is 0.151 e. The second kappa shape index (κ2) is 4.37. The van der Waals surface area contributed by atoms with Gasteiger partial charge in [-0.15, -0.1) is 0 Å². The molecule has 1 aromatic carbocycles. The van der Waals surface area contributed by atoms with Crippen molar-refractivity contribution in [2.45, 2.75) is 20.4 Å². The van der Waals surface area contributed by atoms with Gasteiger partial charge in [0.15, 0.2) is 5.82 Å². The number of hydrogen-bond donors (Lipinski definition) is 1. The second-order valence-corrected chi connectivity index (χ2v) is 4.15. The molecular weight excluding hydrogens is 241 g/mol. The maximum absolute atomic E-state index is 13.9. The zero-order valence-electron chi connectivity index (χ0n) is 9.67. The van der Waals surface area contributed by atoms with Crippen LogP contribution in [0.15, 0.2) is 18.2 Å².